The molecule has 0 atom stereocenters. The fraction of sp³-hybridized carbons (Fsp3) is 0.231. The smallest absolute Gasteiger partial charge is 0.291 e. The lowest BCUT2D eigenvalue weighted by Crippen LogP contribution is -2.31. The van der Waals surface area contributed by atoms with Crippen molar-refractivity contribution in [3.63, 3.8) is 0 Å². The van der Waals surface area contributed by atoms with Crippen LogP contribution in [0.4, 0.5) is 4.79 Å². The molecule has 0 saturated carbocycles. The summed E-state index contributed by atoms with van der Waals surface area (Å²) >= 11 is 0.945. The summed E-state index contributed by atoms with van der Waals surface area (Å²) < 4.78 is 0.814. The molecule has 0 saturated heterocycles. The van der Waals surface area contributed by atoms with E-state index in [1.807, 2.05) is 25.1 Å². The van der Waals surface area contributed by atoms with Crippen molar-refractivity contribution in [1.82, 2.24) is 4.90 Å². The van der Waals surface area contributed by atoms with Crippen molar-refractivity contribution in [3.8, 4) is 0 Å². The highest BCUT2D eigenvalue weighted by Crippen LogP contribution is 2.23. The van der Waals surface area contributed by atoms with Crippen LogP contribution in [-0.4, -0.2) is 24.2 Å². The zero-order valence-electron chi connectivity index (χ0n) is 10.5. The van der Waals surface area contributed by atoms with Gasteiger partial charge in [0.1, 0.15) is 0 Å². The first kappa shape index (κ1) is 12.7. The first-order valence-corrected chi connectivity index (χ1v) is 6.33. The minimum Gasteiger partial charge on any atom is -0.617 e. The quantitative estimate of drug-likeness (QED) is 0.451. The lowest BCUT2D eigenvalue weighted by atomic mass is 10.1. The van der Waals surface area contributed by atoms with Crippen LogP contribution >= 0.6 is 11.8 Å². The van der Waals surface area contributed by atoms with Crippen LogP contribution in [0.25, 0.3) is 10.9 Å². The van der Waals surface area contributed by atoms with E-state index in [0.29, 0.717) is 10.5 Å². The van der Waals surface area contributed by atoms with Gasteiger partial charge in [0, 0.05) is 38.0 Å². The number of hydrogen-bond acceptors (Lipinski definition) is 3. The second kappa shape index (κ2) is 4.86. The number of pyridine rings is 1. The third kappa shape index (κ3) is 2.26. The molecule has 0 N–H and O–H groups in total. The Kier molecular flexibility index (Phi) is 3.43. The second-order valence-electron chi connectivity index (χ2n) is 4.24. The van der Waals surface area contributed by atoms with Crippen molar-refractivity contribution < 1.29 is 9.52 Å². The van der Waals surface area contributed by atoms with Gasteiger partial charge in [0.2, 0.25) is 5.52 Å². The van der Waals surface area contributed by atoms with Crippen LogP contribution < -0.4 is 4.73 Å². The van der Waals surface area contributed by atoms with Crippen molar-refractivity contribution in [3.05, 3.63) is 41.1 Å². The minimum absolute atomic E-state index is 0.158. The van der Waals surface area contributed by atoms with Gasteiger partial charge in [-0.05, 0) is 18.6 Å². The highest BCUT2D eigenvalue weighted by Gasteiger charge is 2.18. The number of benzene rings is 1. The van der Waals surface area contributed by atoms with E-state index in [-0.39, 0.29) is 5.24 Å². The molecule has 0 aliphatic heterocycles. The fourth-order valence-electron chi connectivity index (χ4n) is 1.68. The molecule has 5 heteroatoms. The molecule has 94 valence electrons. The molecular formula is C13H14N2O2S. The number of thioether (sulfide) groups is 1. The SMILES string of the molecule is Cc1cc(SC(=O)N(C)C)[n+]([O-])c2ccccc12. The van der Waals surface area contributed by atoms with Gasteiger partial charge in [-0.2, -0.15) is 4.73 Å². The molecule has 0 spiro atoms. The van der Waals surface area contributed by atoms with E-state index >= 15 is 0 Å². The third-order valence-electron chi connectivity index (χ3n) is 2.64. The summed E-state index contributed by atoms with van der Waals surface area (Å²) in [5, 5.41) is 13.3. The monoisotopic (exact) mass is 262 g/mol. The summed E-state index contributed by atoms with van der Waals surface area (Å²) in [4.78, 5) is 13.1. The van der Waals surface area contributed by atoms with Gasteiger partial charge in [0.15, 0.2) is 0 Å². The Hall–Kier alpha value is -1.75. The summed E-state index contributed by atoms with van der Waals surface area (Å²) in [6, 6.07) is 9.13. The summed E-state index contributed by atoms with van der Waals surface area (Å²) in [5.41, 5.74) is 1.58. The number of nitrogens with zero attached hydrogens (tertiary/aromatic N) is 2. The first-order chi connectivity index (χ1) is 8.50. The Morgan fingerprint density at radius 2 is 2.00 bits per heavy atom. The maximum atomic E-state index is 12.2. The van der Waals surface area contributed by atoms with Crippen molar-refractivity contribution in [2.75, 3.05) is 14.1 Å². The fourth-order valence-corrected chi connectivity index (χ4v) is 2.45. The van der Waals surface area contributed by atoms with Crippen molar-refractivity contribution >= 4 is 27.9 Å². The minimum atomic E-state index is -0.158. The Labute approximate surface area is 110 Å². The molecule has 1 aromatic carbocycles. The molecular weight excluding hydrogens is 248 g/mol. The molecule has 1 heterocycles. The predicted molar refractivity (Wildman–Crippen MR) is 72.6 cm³/mol. The third-order valence-corrected chi connectivity index (χ3v) is 3.68. The Balaban J connectivity index is 2.53. The number of para-hydroxylation sites is 1. The van der Waals surface area contributed by atoms with E-state index in [0.717, 1.165) is 27.4 Å². The molecule has 2 rings (SSSR count). The Bertz CT molecular complexity index is 611. The molecule has 18 heavy (non-hydrogen) atoms. The number of rotatable bonds is 1. The maximum absolute atomic E-state index is 12.2. The van der Waals surface area contributed by atoms with Gasteiger partial charge in [-0.1, -0.05) is 12.1 Å². The highest BCUT2D eigenvalue weighted by atomic mass is 32.2. The van der Waals surface area contributed by atoms with Crippen LogP contribution in [0, 0.1) is 12.1 Å². The molecule has 0 fully saturated rings. The molecule has 0 radical (unpaired) electrons. The van der Waals surface area contributed by atoms with Gasteiger partial charge < -0.3 is 10.1 Å². The number of aryl methyl sites for hydroxylation is 1. The lowest BCUT2D eigenvalue weighted by Gasteiger charge is -2.11. The van der Waals surface area contributed by atoms with Crippen molar-refractivity contribution in [1.29, 1.82) is 0 Å². The van der Waals surface area contributed by atoms with E-state index in [9.17, 15) is 10.0 Å². The Morgan fingerprint density at radius 1 is 1.33 bits per heavy atom. The van der Waals surface area contributed by atoms with Crippen LogP contribution in [0.2, 0.25) is 0 Å². The molecule has 0 aliphatic rings. The topological polar surface area (TPSA) is 47.2 Å². The van der Waals surface area contributed by atoms with Gasteiger partial charge in [0.05, 0.1) is 5.39 Å². The number of carbonyl (C=O) groups excluding carboxylic acids is 1. The van der Waals surface area contributed by atoms with Crippen LogP contribution in [0.1, 0.15) is 5.56 Å². The average molecular weight is 262 g/mol. The predicted octanol–water partition coefficient (Wildman–Crippen LogP) is 2.56. The van der Waals surface area contributed by atoms with Crippen LogP contribution in [0.15, 0.2) is 35.4 Å². The molecule has 1 aromatic heterocycles. The van der Waals surface area contributed by atoms with Crippen LogP contribution in [-0.2, 0) is 0 Å². The number of aromatic nitrogens is 1. The van der Waals surface area contributed by atoms with E-state index in [1.54, 1.807) is 26.2 Å². The zero-order valence-corrected chi connectivity index (χ0v) is 11.3. The van der Waals surface area contributed by atoms with E-state index in [1.165, 1.54) is 4.90 Å². The number of hydrogen-bond donors (Lipinski definition) is 0. The van der Waals surface area contributed by atoms with Gasteiger partial charge in [-0.25, -0.2) is 0 Å². The summed E-state index contributed by atoms with van der Waals surface area (Å²) in [5.74, 6) is 0. The lowest BCUT2D eigenvalue weighted by molar-refractivity contribution is -0.618. The molecule has 0 aliphatic carbocycles. The largest absolute Gasteiger partial charge is 0.617 e. The van der Waals surface area contributed by atoms with Crippen LogP contribution in [0.3, 0.4) is 0 Å². The number of fused-ring (bicyclic) bond motifs is 1. The number of amides is 1. The van der Waals surface area contributed by atoms with Gasteiger partial charge in [0.25, 0.3) is 10.3 Å². The van der Waals surface area contributed by atoms with Gasteiger partial charge in [-0.3, -0.25) is 4.79 Å². The maximum Gasteiger partial charge on any atom is 0.291 e. The molecule has 0 unspecified atom stereocenters. The normalized spacial score (nSPS) is 10.6. The first-order valence-electron chi connectivity index (χ1n) is 5.51. The summed E-state index contributed by atoms with van der Waals surface area (Å²) in [6.45, 7) is 1.94. The second-order valence-corrected chi connectivity index (χ2v) is 5.21. The zero-order chi connectivity index (χ0) is 13.3. The van der Waals surface area contributed by atoms with Crippen molar-refractivity contribution in [2.45, 2.75) is 11.9 Å². The van der Waals surface area contributed by atoms with E-state index in [4.69, 9.17) is 0 Å². The number of carbonyl (C=O) groups is 1. The molecule has 2 aromatic rings. The highest BCUT2D eigenvalue weighted by molar-refractivity contribution is 8.13. The Morgan fingerprint density at radius 3 is 2.67 bits per heavy atom. The average Bonchev–Trinajstić information content (AvgIpc) is 2.35. The van der Waals surface area contributed by atoms with Gasteiger partial charge >= 0.3 is 0 Å². The molecule has 0 bridgehead atoms. The molecule has 4 nitrogen and oxygen atoms in total. The van der Waals surface area contributed by atoms with Crippen molar-refractivity contribution in [2.24, 2.45) is 0 Å². The summed E-state index contributed by atoms with van der Waals surface area (Å²) in [7, 11) is 3.33. The van der Waals surface area contributed by atoms with Crippen LogP contribution in [0.5, 0.6) is 0 Å². The van der Waals surface area contributed by atoms with Gasteiger partial charge in [-0.15, -0.1) is 0 Å². The van der Waals surface area contributed by atoms with E-state index in [2.05, 4.69) is 0 Å². The van der Waals surface area contributed by atoms with E-state index < -0.39 is 0 Å². The standard InChI is InChI=1S/C13H14N2O2S/c1-9-8-12(18-13(16)14(2)3)15(17)11-7-5-4-6-10(9)11/h4-8H,1-3H3. The summed E-state index contributed by atoms with van der Waals surface area (Å²) in [6.07, 6.45) is 0. The molecule has 1 amide bonds.